The summed E-state index contributed by atoms with van der Waals surface area (Å²) in [5.41, 5.74) is 1.03. The average Bonchev–Trinajstić information content (AvgIpc) is 2.14. The average molecular weight is 194 g/mol. The van der Waals surface area contributed by atoms with Crippen molar-refractivity contribution in [1.82, 2.24) is 9.97 Å². The molecule has 1 aromatic rings. The van der Waals surface area contributed by atoms with Crippen molar-refractivity contribution in [2.45, 2.75) is 39.7 Å². The first-order valence-corrected chi connectivity index (χ1v) is 4.92. The molecule has 78 valence electrons. The lowest BCUT2D eigenvalue weighted by molar-refractivity contribution is 0.0559. The summed E-state index contributed by atoms with van der Waals surface area (Å²) in [5.74, 6) is 0. The Bertz CT molecular complexity index is 266. The third kappa shape index (κ3) is 3.42. The molecule has 1 heterocycles. The van der Waals surface area contributed by atoms with Crippen LogP contribution in [0, 0.1) is 5.41 Å². The second-order valence-corrected chi connectivity index (χ2v) is 4.67. The van der Waals surface area contributed by atoms with E-state index in [1.54, 1.807) is 12.4 Å². The van der Waals surface area contributed by atoms with Gasteiger partial charge in [-0.25, -0.2) is 9.97 Å². The third-order valence-electron chi connectivity index (χ3n) is 2.32. The Morgan fingerprint density at radius 3 is 2.36 bits per heavy atom. The second-order valence-electron chi connectivity index (χ2n) is 4.67. The van der Waals surface area contributed by atoms with Gasteiger partial charge in [0.15, 0.2) is 0 Å². The van der Waals surface area contributed by atoms with Crippen LogP contribution in [-0.2, 0) is 6.42 Å². The van der Waals surface area contributed by atoms with Gasteiger partial charge >= 0.3 is 0 Å². The summed E-state index contributed by atoms with van der Waals surface area (Å²) in [4.78, 5) is 7.86. The van der Waals surface area contributed by atoms with Gasteiger partial charge in [-0.15, -0.1) is 0 Å². The highest BCUT2D eigenvalue weighted by molar-refractivity contribution is 5.02. The van der Waals surface area contributed by atoms with Crippen LogP contribution >= 0.6 is 0 Å². The van der Waals surface area contributed by atoms with Gasteiger partial charge in [-0.1, -0.05) is 20.8 Å². The van der Waals surface area contributed by atoms with Crippen LogP contribution in [0.5, 0.6) is 0 Å². The van der Waals surface area contributed by atoms with E-state index in [4.69, 9.17) is 0 Å². The lowest BCUT2D eigenvalue weighted by atomic mass is 9.86. The summed E-state index contributed by atoms with van der Waals surface area (Å²) in [6.07, 6.45) is 6.42. The van der Waals surface area contributed by atoms with Crippen LogP contribution in [0.15, 0.2) is 18.7 Å². The van der Waals surface area contributed by atoms with Crippen LogP contribution in [0.25, 0.3) is 0 Å². The molecule has 0 spiro atoms. The summed E-state index contributed by atoms with van der Waals surface area (Å²) >= 11 is 0. The van der Waals surface area contributed by atoms with Gasteiger partial charge in [0.05, 0.1) is 6.10 Å². The molecule has 0 aliphatic rings. The fraction of sp³-hybridized carbons (Fsp3) is 0.636. The van der Waals surface area contributed by atoms with E-state index in [1.165, 1.54) is 6.33 Å². The minimum atomic E-state index is -0.275. The van der Waals surface area contributed by atoms with Crippen molar-refractivity contribution in [2.75, 3.05) is 0 Å². The van der Waals surface area contributed by atoms with Gasteiger partial charge < -0.3 is 5.11 Å². The minimum absolute atomic E-state index is 0.0460. The number of aliphatic hydroxyl groups excluding tert-OH is 1. The van der Waals surface area contributed by atoms with Crippen molar-refractivity contribution < 1.29 is 5.11 Å². The molecule has 3 heteroatoms. The molecule has 14 heavy (non-hydrogen) atoms. The Labute approximate surface area is 85.2 Å². The number of hydrogen-bond acceptors (Lipinski definition) is 3. The third-order valence-corrected chi connectivity index (χ3v) is 2.32. The van der Waals surface area contributed by atoms with E-state index in [2.05, 4.69) is 9.97 Å². The molecular formula is C11H18N2O. The zero-order valence-corrected chi connectivity index (χ0v) is 9.07. The van der Waals surface area contributed by atoms with Crippen LogP contribution in [0.2, 0.25) is 0 Å². The topological polar surface area (TPSA) is 46.0 Å². The molecule has 0 saturated carbocycles. The maximum atomic E-state index is 9.81. The van der Waals surface area contributed by atoms with E-state index in [-0.39, 0.29) is 11.5 Å². The van der Waals surface area contributed by atoms with Gasteiger partial charge in [0.2, 0.25) is 0 Å². The summed E-state index contributed by atoms with van der Waals surface area (Å²) < 4.78 is 0. The first-order valence-electron chi connectivity index (χ1n) is 4.92. The van der Waals surface area contributed by atoms with Crippen molar-refractivity contribution in [3.05, 3.63) is 24.3 Å². The first-order chi connectivity index (χ1) is 6.50. The van der Waals surface area contributed by atoms with Crippen LogP contribution in [0.1, 0.15) is 32.8 Å². The van der Waals surface area contributed by atoms with Gasteiger partial charge in [-0.2, -0.15) is 0 Å². The number of rotatable bonds is 3. The predicted octanol–water partition coefficient (Wildman–Crippen LogP) is 1.82. The highest BCUT2D eigenvalue weighted by atomic mass is 16.3. The number of nitrogens with zero attached hydrogens (tertiary/aromatic N) is 2. The Morgan fingerprint density at radius 2 is 1.86 bits per heavy atom. The van der Waals surface area contributed by atoms with Crippen LogP contribution < -0.4 is 0 Å². The highest BCUT2D eigenvalue weighted by Crippen LogP contribution is 2.22. The van der Waals surface area contributed by atoms with Crippen LogP contribution in [0.4, 0.5) is 0 Å². The monoisotopic (exact) mass is 194 g/mol. The van der Waals surface area contributed by atoms with E-state index in [1.807, 2.05) is 20.8 Å². The molecule has 0 amide bonds. The van der Waals surface area contributed by atoms with Crippen LogP contribution in [0.3, 0.4) is 0 Å². The normalized spacial score (nSPS) is 14.0. The van der Waals surface area contributed by atoms with Gasteiger partial charge in [-0.05, 0) is 23.8 Å². The van der Waals surface area contributed by atoms with Crippen molar-refractivity contribution >= 4 is 0 Å². The molecule has 3 nitrogen and oxygen atoms in total. The molecule has 0 aromatic carbocycles. The zero-order valence-electron chi connectivity index (χ0n) is 9.07. The summed E-state index contributed by atoms with van der Waals surface area (Å²) in [6, 6.07) is 0. The predicted molar refractivity (Wildman–Crippen MR) is 55.8 cm³/mol. The lowest BCUT2D eigenvalue weighted by Gasteiger charge is -2.25. The fourth-order valence-corrected chi connectivity index (χ4v) is 1.20. The molecule has 1 rings (SSSR count). The summed E-state index contributed by atoms with van der Waals surface area (Å²) in [5, 5.41) is 9.81. The summed E-state index contributed by atoms with van der Waals surface area (Å²) in [6.45, 7) is 6.12. The maximum absolute atomic E-state index is 9.81. The second kappa shape index (κ2) is 4.51. The van der Waals surface area contributed by atoms with Gasteiger partial charge in [0.1, 0.15) is 6.33 Å². The lowest BCUT2D eigenvalue weighted by Crippen LogP contribution is -2.26. The number of aliphatic hydroxyl groups is 1. The molecular weight excluding hydrogens is 176 g/mol. The molecule has 0 radical (unpaired) electrons. The van der Waals surface area contributed by atoms with Gasteiger partial charge in [0, 0.05) is 12.4 Å². The Kier molecular flexibility index (Phi) is 3.58. The Hall–Kier alpha value is -0.960. The molecule has 1 N–H and O–H groups in total. The van der Waals surface area contributed by atoms with Crippen molar-refractivity contribution in [2.24, 2.45) is 5.41 Å². The molecule has 1 atom stereocenters. The molecule has 0 aliphatic heterocycles. The molecule has 0 bridgehead atoms. The summed E-state index contributed by atoms with van der Waals surface area (Å²) in [7, 11) is 0. The molecule has 1 unspecified atom stereocenters. The molecule has 0 aliphatic carbocycles. The van der Waals surface area contributed by atoms with Crippen molar-refractivity contribution in [3.8, 4) is 0 Å². The molecule has 0 saturated heterocycles. The minimum Gasteiger partial charge on any atom is -0.393 e. The van der Waals surface area contributed by atoms with E-state index >= 15 is 0 Å². The quantitative estimate of drug-likeness (QED) is 0.798. The number of aromatic nitrogens is 2. The largest absolute Gasteiger partial charge is 0.393 e. The van der Waals surface area contributed by atoms with Gasteiger partial charge in [0.25, 0.3) is 0 Å². The molecule has 1 aromatic heterocycles. The van der Waals surface area contributed by atoms with E-state index in [0.29, 0.717) is 0 Å². The Balaban J connectivity index is 2.42. The molecule has 0 fully saturated rings. The maximum Gasteiger partial charge on any atom is 0.115 e. The first kappa shape index (κ1) is 11.1. The van der Waals surface area contributed by atoms with E-state index in [9.17, 15) is 5.11 Å². The highest BCUT2D eigenvalue weighted by Gasteiger charge is 2.21. The smallest absolute Gasteiger partial charge is 0.115 e. The van der Waals surface area contributed by atoms with Gasteiger partial charge in [-0.3, -0.25) is 0 Å². The number of aryl methyl sites for hydroxylation is 1. The fourth-order valence-electron chi connectivity index (χ4n) is 1.20. The van der Waals surface area contributed by atoms with Crippen LogP contribution in [-0.4, -0.2) is 21.2 Å². The SMILES string of the molecule is CC(C)(C)C(O)CCc1cncnc1. The Morgan fingerprint density at radius 1 is 1.29 bits per heavy atom. The van der Waals surface area contributed by atoms with E-state index < -0.39 is 0 Å². The number of hydrogen-bond donors (Lipinski definition) is 1. The van der Waals surface area contributed by atoms with Crippen molar-refractivity contribution in [3.63, 3.8) is 0 Å². The standard InChI is InChI=1S/C11H18N2O/c1-11(2,3)10(14)5-4-9-6-12-8-13-7-9/h6-8,10,14H,4-5H2,1-3H3. The van der Waals surface area contributed by atoms with E-state index in [0.717, 1.165) is 18.4 Å². The van der Waals surface area contributed by atoms with Crippen molar-refractivity contribution in [1.29, 1.82) is 0 Å². The zero-order chi connectivity index (χ0) is 10.6.